The minimum Gasteiger partial charge on any atom is -0.283 e. The quantitative estimate of drug-likeness (QED) is 0.633. The van der Waals surface area contributed by atoms with E-state index < -0.39 is 25.3 Å². The second-order valence-electron chi connectivity index (χ2n) is 1.69. The third-order valence-corrected chi connectivity index (χ3v) is 0.898. The van der Waals surface area contributed by atoms with Crippen molar-refractivity contribution in [3.63, 3.8) is 0 Å². The van der Waals surface area contributed by atoms with Gasteiger partial charge >= 0.3 is 18.5 Å². The van der Waals surface area contributed by atoms with Gasteiger partial charge < -0.3 is 0 Å². The largest absolute Gasteiger partial charge is 0.427 e. The molecule has 0 aromatic rings. The van der Waals surface area contributed by atoms with Crippen molar-refractivity contribution in [1.29, 1.82) is 0 Å². The molecule has 0 saturated carbocycles. The molecule has 0 bridgehead atoms. The van der Waals surface area contributed by atoms with Crippen LogP contribution in [0.25, 0.3) is 0 Å². The van der Waals surface area contributed by atoms with Crippen LogP contribution < -0.4 is 0 Å². The van der Waals surface area contributed by atoms with Crippen LogP contribution in [-0.2, 0) is 4.74 Å². The fourth-order valence-electron chi connectivity index (χ4n) is 0.292. The van der Waals surface area contributed by atoms with Crippen molar-refractivity contribution < 1.29 is 35.5 Å². The van der Waals surface area contributed by atoms with Gasteiger partial charge in [-0.05, 0) is 0 Å². The molecular weight excluding hydrogens is 197 g/mol. The summed E-state index contributed by atoms with van der Waals surface area (Å²) in [5.41, 5.74) is 0. The van der Waals surface area contributed by atoms with Gasteiger partial charge in [0.25, 0.3) is 0 Å². The van der Waals surface area contributed by atoms with Crippen molar-refractivity contribution in [2.75, 3.05) is 6.86 Å². The summed E-state index contributed by atoms with van der Waals surface area (Å²) >= 11 is 0. The number of halogens is 7. The lowest BCUT2D eigenvalue weighted by Gasteiger charge is -2.23. The SMILES string of the molecule is FCOC(F)(F)C(F)(F)C(F)F. The van der Waals surface area contributed by atoms with E-state index in [2.05, 4.69) is 4.74 Å². The van der Waals surface area contributed by atoms with Gasteiger partial charge in [-0.3, -0.25) is 4.74 Å². The van der Waals surface area contributed by atoms with E-state index in [9.17, 15) is 30.7 Å². The first-order valence-electron chi connectivity index (χ1n) is 2.49. The third kappa shape index (κ3) is 1.99. The highest BCUT2D eigenvalue weighted by Gasteiger charge is 2.64. The molecule has 0 fully saturated rings. The van der Waals surface area contributed by atoms with E-state index >= 15 is 0 Å². The lowest BCUT2D eigenvalue weighted by atomic mass is 10.3. The first-order valence-corrected chi connectivity index (χ1v) is 2.49. The third-order valence-electron chi connectivity index (χ3n) is 0.898. The Kier molecular flexibility index (Phi) is 3.31. The number of alkyl halides is 7. The highest BCUT2D eigenvalue weighted by molar-refractivity contribution is 4.79. The van der Waals surface area contributed by atoms with Gasteiger partial charge in [0.15, 0.2) is 6.86 Å². The maximum atomic E-state index is 11.8. The normalized spacial score (nSPS) is 14.0. The van der Waals surface area contributed by atoms with Gasteiger partial charge in [-0.2, -0.15) is 17.6 Å². The minimum absolute atomic E-state index is 2.27. The zero-order chi connectivity index (χ0) is 9.99. The Morgan fingerprint density at radius 2 is 1.50 bits per heavy atom. The summed E-state index contributed by atoms with van der Waals surface area (Å²) in [4.78, 5) is 0. The summed E-state index contributed by atoms with van der Waals surface area (Å²) in [5, 5.41) is 0. The van der Waals surface area contributed by atoms with Crippen molar-refractivity contribution in [3.05, 3.63) is 0 Å². The van der Waals surface area contributed by atoms with Crippen LogP contribution in [0.5, 0.6) is 0 Å². The van der Waals surface area contributed by atoms with Crippen LogP contribution in [0.3, 0.4) is 0 Å². The van der Waals surface area contributed by atoms with E-state index in [1.807, 2.05) is 0 Å². The smallest absolute Gasteiger partial charge is 0.283 e. The number of rotatable bonds is 4. The second kappa shape index (κ2) is 3.46. The monoisotopic (exact) mass is 200 g/mol. The number of ether oxygens (including phenoxy) is 1. The highest BCUT2D eigenvalue weighted by atomic mass is 19.3. The van der Waals surface area contributed by atoms with Crippen molar-refractivity contribution in [2.45, 2.75) is 18.5 Å². The summed E-state index contributed by atoms with van der Waals surface area (Å²) in [5.74, 6) is -5.68. The molecule has 0 radical (unpaired) electrons. The van der Waals surface area contributed by atoms with Gasteiger partial charge in [0, 0.05) is 0 Å². The molecule has 0 N–H and O–H groups in total. The van der Waals surface area contributed by atoms with E-state index in [0.29, 0.717) is 0 Å². The van der Waals surface area contributed by atoms with Gasteiger partial charge in [0.2, 0.25) is 0 Å². The Morgan fingerprint density at radius 1 is 1.08 bits per heavy atom. The molecule has 0 aromatic heterocycles. The molecule has 0 amide bonds. The lowest BCUT2D eigenvalue weighted by Crippen LogP contribution is -2.48. The lowest BCUT2D eigenvalue weighted by molar-refractivity contribution is -0.381. The fraction of sp³-hybridized carbons (Fsp3) is 1.00. The van der Waals surface area contributed by atoms with Gasteiger partial charge in [0.1, 0.15) is 0 Å². The summed E-state index contributed by atoms with van der Waals surface area (Å²) < 4.78 is 82.9. The topological polar surface area (TPSA) is 9.23 Å². The molecule has 12 heavy (non-hydrogen) atoms. The molecule has 0 saturated heterocycles. The zero-order valence-electron chi connectivity index (χ0n) is 5.34. The van der Waals surface area contributed by atoms with Crippen molar-refractivity contribution in [3.8, 4) is 0 Å². The predicted molar refractivity (Wildman–Crippen MR) is 23.0 cm³/mol. The van der Waals surface area contributed by atoms with E-state index in [1.165, 1.54) is 0 Å². The molecular formula is C4H3F7O. The van der Waals surface area contributed by atoms with Crippen molar-refractivity contribution in [2.24, 2.45) is 0 Å². The van der Waals surface area contributed by atoms with Crippen LogP contribution in [0, 0.1) is 0 Å². The Bertz CT molecular complexity index is 144. The predicted octanol–water partition coefficient (Wildman–Crippen LogP) is 2.42. The molecule has 0 aromatic carbocycles. The van der Waals surface area contributed by atoms with E-state index in [4.69, 9.17) is 0 Å². The van der Waals surface area contributed by atoms with Crippen LogP contribution in [-0.4, -0.2) is 25.3 Å². The molecule has 0 heterocycles. The molecule has 0 unspecified atom stereocenters. The number of hydrogen-bond donors (Lipinski definition) is 0. The van der Waals surface area contributed by atoms with Crippen molar-refractivity contribution >= 4 is 0 Å². The fourth-order valence-corrected chi connectivity index (χ4v) is 0.292. The van der Waals surface area contributed by atoms with Crippen LogP contribution in [0.4, 0.5) is 30.7 Å². The van der Waals surface area contributed by atoms with Crippen LogP contribution in [0.2, 0.25) is 0 Å². The average molecular weight is 200 g/mol. The van der Waals surface area contributed by atoms with Crippen LogP contribution in [0.15, 0.2) is 0 Å². The molecule has 0 spiro atoms. The maximum Gasteiger partial charge on any atom is 0.427 e. The Hall–Kier alpha value is -0.530. The van der Waals surface area contributed by atoms with Crippen molar-refractivity contribution in [1.82, 2.24) is 0 Å². The molecule has 1 nitrogen and oxygen atoms in total. The molecule has 0 aliphatic carbocycles. The van der Waals surface area contributed by atoms with Gasteiger partial charge in [-0.1, -0.05) is 0 Å². The molecule has 0 aliphatic heterocycles. The second-order valence-corrected chi connectivity index (χ2v) is 1.69. The van der Waals surface area contributed by atoms with E-state index in [1.54, 1.807) is 0 Å². The first kappa shape index (κ1) is 11.5. The van der Waals surface area contributed by atoms with Gasteiger partial charge in [-0.15, -0.1) is 0 Å². The molecule has 74 valence electrons. The minimum atomic E-state index is -5.68. The highest BCUT2D eigenvalue weighted by Crippen LogP contribution is 2.39. The van der Waals surface area contributed by atoms with Crippen LogP contribution >= 0.6 is 0 Å². The maximum absolute atomic E-state index is 11.8. The van der Waals surface area contributed by atoms with Crippen LogP contribution in [0.1, 0.15) is 0 Å². The van der Waals surface area contributed by atoms with Gasteiger partial charge in [0.05, 0.1) is 0 Å². The molecule has 0 rings (SSSR count). The average Bonchev–Trinajstić information content (AvgIpc) is 1.86. The molecule has 8 heteroatoms. The van der Waals surface area contributed by atoms with E-state index in [0.717, 1.165) is 0 Å². The Labute approximate surface area is 62.1 Å². The Balaban J connectivity index is 4.50. The first-order chi connectivity index (χ1) is 5.25. The summed E-state index contributed by atoms with van der Waals surface area (Å²) in [6.45, 7) is -2.27. The summed E-state index contributed by atoms with van der Waals surface area (Å²) in [6.07, 6.45) is -10.1. The Morgan fingerprint density at radius 3 is 1.75 bits per heavy atom. The summed E-state index contributed by atoms with van der Waals surface area (Å²) in [6, 6.07) is 0. The number of hydrogen-bond acceptors (Lipinski definition) is 1. The van der Waals surface area contributed by atoms with Gasteiger partial charge in [-0.25, -0.2) is 13.2 Å². The zero-order valence-corrected chi connectivity index (χ0v) is 5.34. The van der Waals surface area contributed by atoms with E-state index in [-0.39, 0.29) is 0 Å². The molecule has 0 atom stereocenters. The summed E-state index contributed by atoms with van der Waals surface area (Å²) in [7, 11) is 0. The molecule has 0 aliphatic rings. The standard InChI is InChI=1S/C4H3F7O/c5-1-12-4(10,11)3(8,9)2(6)7/h2H,1H2.